The van der Waals surface area contributed by atoms with Gasteiger partial charge in [-0.1, -0.05) is 6.92 Å². The van der Waals surface area contributed by atoms with E-state index in [4.69, 9.17) is 5.73 Å². The SMILES string of the molecule is CCCn1ncc(Br)c1C(N)c1c(F)cc(F)cc1F. The summed E-state index contributed by atoms with van der Waals surface area (Å²) in [5, 5.41) is 4.10. The van der Waals surface area contributed by atoms with Crippen LogP contribution in [-0.4, -0.2) is 9.78 Å². The van der Waals surface area contributed by atoms with E-state index in [-0.39, 0.29) is 5.56 Å². The molecule has 1 heterocycles. The summed E-state index contributed by atoms with van der Waals surface area (Å²) in [6.07, 6.45) is 2.31. The molecule has 1 aromatic carbocycles. The van der Waals surface area contributed by atoms with Crippen LogP contribution in [0, 0.1) is 17.5 Å². The zero-order valence-corrected chi connectivity index (χ0v) is 12.3. The van der Waals surface area contributed by atoms with Gasteiger partial charge in [-0.05, 0) is 22.4 Å². The molecule has 0 saturated carbocycles. The third-order valence-corrected chi connectivity index (χ3v) is 3.53. The van der Waals surface area contributed by atoms with Crippen LogP contribution in [0.15, 0.2) is 22.8 Å². The largest absolute Gasteiger partial charge is 0.319 e. The molecule has 7 heteroatoms. The summed E-state index contributed by atoms with van der Waals surface area (Å²) in [5.74, 6) is -2.99. The molecule has 0 fully saturated rings. The van der Waals surface area contributed by atoms with E-state index in [0.717, 1.165) is 6.42 Å². The van der Waals surface area contributed by atoms with Gasteiger partial charge in [-0.25, -0.2) is 13.2 Å². The van der Waals surface area contributed by atoms with Crippen molar-refractivity contribution >= 4 is 15.9 Å². The maximum Gasteiger partial charge on any atom is 0.134 e. The van der Waals surface area contributed by atoms with E-state index in [1.807, 2.05) is 6.92 Å². The third kappa shape index (κ3) is 2.73. The van der Waals surface area contributed by atoms with Crippen molar-refractivity contribution in [1.82, 2.24) is 9.78 Å². The highest BCUT2D eigenvalue weighted by Crippen LogP contribution is 2.30. The predicted molar refractivity (Wildman–Crippen MR) is 72.6 cm³/mol. The van der Waals surface area contributed by atoms with E-state index in [9.17, 15) is 13.2 Å². The zero-order chi connectivity index (χ0) is 14.9. The number of hydrogen-bond donors (Lipinski definition) is 1. The van der Waals surface area contributed by atoms with Gasteiger partial charge < -0.3 is 5.73 Å². The van der Waals surface area contributed by atoms with Crippen molar-refractivity contribution in [2.45, 2.75) is 25.9 Å². The van der Waals surface area contributed by atoms with Crippen molar-refractivity contribution < 1.29 is 13.2 Å². The number of rotatable bonds is 4. The van der Waals surface area contributed by atoms with Gasteiger partial charge in [-0.2, -0.15) is 5.10 Å². The molecule has 0 amide bonds. The topological polar surface area (TPSA) is 43.8 Å². The first kappa shape index (κ1) is 15.1. The van der Waals surface area contributed by atoms with E-state index in [1.165, 1.54) is 6.20 Å². The summed E-state index contributed by atoms with van der Waals surface area (Å²) in [6, 6.07) is 0.165. The summed E-state index contributed by atoms with van der Waals surface area (Å²) in [5.41, 5.74) is 6.04. The van der Waals surface area contributed by atoms with E-state index >= 15 is 0 Å². The number of halogens is 4. The second-order valence-corrected chi connectivity index (χ2v) is 5.22. The zero-order valence-electron chi connectivity index (χ0n) is 10.7. The molecule has 1 atom stereocenters. The third-order valence-electron chi connectivity index (χ3n) is 2.92. The van der Waals surface area contributed by atoms with Gasteiger partial charge in [0.1, 0.15) is 17.5 Å². The Kier molecular flexibility index (Phi) is 4.49. The molecule has 108 valence electrons. The van der Waals surface area contributed by atoms with Crippen LogP contribution in [0.3, 0.4) is 0 Å². The fraction of sp³-hybridized carbons (Fsp3) is 0.308. The molecular weight excluding hydrogens is 335 g/mol. The Balaban J connectivity index is 2.52. The lowest BCUT2D eigenvalue weighted by atomic mass is 10.0. The quantitative estimate of drug-likeness (QED) is 0.919. The summed E-state index contributed by atoms with van der Waals surface area (Å²) in [4.78, 5) is 0. The molecular formula is C13H13BrF3N3. The first-order valence-corrected chi connectivity index (χ1v) is 6.86. The van der Waals surface area contributed by atoms with Crippen LogP contribution in [-0.2, 0) is 6.54 Å². The molecule has 0 radical (unpaired) electrons. The molecule has 0 aliphatic heterocycles. The van der Waals surface area contributed by atoms with Crippen molar-refractivity contribution in [1.29, 1.82) is 0 Å². The van der Waals surface area contributed by atoms with Crippen molar-refractivity contribution in [2.75, 3.05) is 0 Å². The van der Waals surface area contributed by atoms with E-state index in [1.54, 1.807) is 4.68 Å². The molecule has 2 aromatic rings. The summed E-state index contributed by atoms with van der Waals surface area (Å²) in [7, 11) is 0. The minimum absolute atomic E-state index is 0.370. The molecule has 1 aromatic heterocycles. The Labute approximate surface area is 122 Å². The van der Waals surface area contributed by atoms with Crippen LogP contribution in [0.2, 0.25) is 0 Å². The molecule has 20 heavy (non-hydrogen) atoms. The highest BCUT2D eigenvalue weighted by Gasteiger charge is 2.24. The Morgan fingerprint density at radius 2 is 1.90 bits per heavy atom. The fourth-order valence-corrected chi connectivity index (χ4v) is 2.60. The van der Waals surface area contributed by atoms with E-state index < -0.39 is 23.5 Å². The summed E-state index contributed by atoms with van der Waals surface area (Å²) >= 11 is 3.27. The lowest BCUT2D eigenvalue weighted by molar-refractivity contribution is 0.499. The van der Waals surface area contributed by atoms with Crippen LogP contribution in [0.5, 0.6) is 0 Å². The average Bonchev–Trinajstić information content (AvgIpc) is 2.69. The number of benzene rings is 1. The van der Waals surface area contributed by atoms with Gasteiger partial charge >= 0.3 is 0 Å². The minimum atomic E-state index is -1.07. The number of hydrogen-bond acceptors (Lipinski definition) is 2. The highest BCUT2D eigenvalue weighted by atomic mass is 79.9. The molecule has 0 spiro atoms. The summed E-state index contributed by atoms with van der Waals surface area (Å²) < 4.78 is 42.7. The maximum absolute atomic E-state index is 13.8. The minimum Gasteiger partial charge on any atom is -0.319 e. The first-order valence-electron chi connectivity index (χ1n) is 6.07. The van der Waals surface area contributed by atoms with Crippen molar-refractivity contribution in [3.05, 3.63) is 51.5 Å². The Morgan fingerprint density at radius 3 is 2.45 bits per heavy atom. The molecule has 0 aliphatic rings. The van der Waals surface area contributed by atoms with E-state index in [0.29, 0.717) is 28.8 Å². The number of nitrogens with two attached hydrogens (primary N) is 1. The molecule has 1 unspecified atom stereocenters. The normalized spacial score (nSPS) is 12.7. The highest BCUT2D eigenvalue weighted by molar-refractivity contribution is 9.10. The Bertz CT molecular complexity index is 604. The monoisotopic (exact) mass is 347 g/mol. The van der Waals surface area contributed by atoms with Crippen LogP contribution in [0.25, 0.3) is 0 Å². The van der Waals surface area contributed by atoms with Gasteiger partial charge in [0.25, 0.3) is 0 Å². The molecule has 0 saturated heterocycles. The van der Waals surface area contributed by atoms with Crippen molar-refractivity contribution in [3.8, 4) is 0 Å². The second-order valence-electron chi connectivity index (χ2n) is 4.36. The molecule has 2 rings (SSSR count). The first-order chi connectivity index (χ1) is 9.45. The van der Waals surface area contributed by atoms with Gasteiger partial charge in [0, 0.05) is 24.2 Å². The molecule has 3 nitrogen and oxygen atoms in total. The van der Waals surface area contributed by atoms with E-state index in [2.05, 4.69) is 21.0 Å². The smallest absolute Gasteiger partial charge is 0.134 e. The summed E-state index contributed by atoms with van der Waals surface area (Å²) in [6.45, 7) is 2.52. The molecule has 0 aliphatic carbocycles. The lowest BCUT2D eigenvalue weighted by Gasteiger charge is -2.16. The van der Waals surface area contributed by atoms with Crippen LogP contribution in [0.1, 0.15) is 30.6 Å². The van der Waals surface area contributed by atoms with Crippen molar-refractivity contribution in [3.63, 3.8) is 0 Å². The average molecular weight is 348 g/mol. The number of aryl methyl sites for hydroxylation is 1. The van der Waals surface area contributed by atoms with Crippen molar-refractivity contribution in [2.24, 2.45) is 5.73 Å². The van der Waals surface area contributed by atoms with Crippen LogP contribution in [0.4, 0.5) is 13.2 Å². The second kappa shape index (κ2) is 5.97. The van der Waals surface area contributed by atoms with Gasteiger partial charge in [-0.15, -0.1) is 0 Å². The Morgan fingerprint density at radius 1 is 1.30 bits per heavy atom. The van der Waals surface area contributed by atoms with Gasteiger partial charge in [0.05, 0.1) is 22.4 Å². The van der Waals surface area contributed by atoms with Crippen LogP contribution < -0.4 is 5.73 Å². The van der Waals surface area contributed by atoms with Gasteiger partial charge in [-0.3, -0.25) is 4.68 Å². The molecule has 0 bridgehead atoms. The lowest BCUT2D eigenvalue weighted by Crippen LogP contribution is -2.21. The Hall–Kier alpha value is -1.34. The number of aromatic nitrogens is 2. The predicted octanol–water partition coefficient (Wildman–Crippen LogP) is 3.52. The van der Waals surface area contributed by atoms with Gasteiger partial charge in [0.2, 0.25) is 0 Å². The van der Waals surface area contributed by atoms with Gasteiger partial charge in [0.15, 0.2) is 0 Å². The fourth-order valence-electron chi connectivity index (χ4n) is 2.06. The maximum atomic E-state index is 13.8. The van der Waals surface area contributed by atoms with Crippen LogP contribution >= 0.6 is 15.9 Å². The molecule has 2 N–H and O–H groups in total. The number of nitrogens with zero attached hydrogens (tertiary/aromatic N) is 2. The standard InChI is InChI=1S/C13H13BrF3N3/c1-2-3-20-13(8(14)6-19-20)12(18)11-9(16)4-7(15)5-10(11)17/h4-6,12H,2-3,18H2,1H3.